The summed E-state index contributed by atoms with van der Waals surface area (Å²) in [5.41, 5.74) is 1.46. The Balaban J connectivity index is 2.02. The molecule has 0 aliphatic heterocycles. The van der Waals surface area contributed by atoms with Crippen LogP contribution >= 0.6 is 0 Å². The van der Waals surface area contributed by atoms with Gasteiger partial charge in [-0.25, -0.2) is 13.1 Å². The Labute approximate surface area is 177 Å². The Morgan fingerprint density at radius 3 is 2.43 bits per heavy atom. The van der Waals surface area contributed by atoms with Gasteiger partial charge in [-0.1, -0.05) is 18.9 Å². The molecule has 2 N–H and O–H groups in total. The van der Waals surface area contributed by atoms with Crippen molar-refractivity contribution in [2.45, 2.75) is 31.2 Å². The zero-order valence-corrected chi connectivity index (χ0v) is 18.0. The van der Waals surface area contributed by atoms with Crippen LogP contribution in [0.15, 0.2) is 53.4 Å². The van der Waals surface area contributed by atoms with Gasteiger partial charge in [0.15, 0.2) is 0 Å². The van der Waals surface area contributed by atoms with Crippen LogP contribution in [0.5, 0.6) is 0 Å². The van der Waals surface area contributed by atoms with Gasteiger partial charge in [0, 0.05) is 29.9 Å². The highest BCUT2D eigenvalue weighted by atomic mass is 32.2. The topological polar surface area (TPSA) is 95.6 Å². The molecule has 158 valence electrons. The van der Waals surface area contributed by atoms with Gasteiger partial charge in [-0.2, -0.15) is 0 Å². The SMILES string of the molecule is C#Cc1cccc(NC(=O)CN(C)C(=O)c2ccc(S(=O)(=O)NC(C)CC)cc2)c1. The fourth-order valence-electron chi connectivity index (χ4n) is 2.59. The summed E-state index contributed by atoms with van der Waals surface area (Å²) in [7, 11) is -2.15. The number of likely N-dealkylation sites (N-methyl/N-ethyl adjacent to an activating group) is 1. The van der Waals surface area contributed by atoms with Crippen molar-refractivity contribution in [1.29, 1.82) is 0 Å². The molecule has 0 radical (unpaired) electrons. The molecule has 0 saturated heterocycles. The second-order valence-electron chi connectivity index (χ2n) is 6.89. The fraction of sp³-hybridized carbons (Fsp3) is 0.273. The van der Waals surface area contributed by atoms with Gasteiger partial charge < -0.3 is 10.2 Å². The molecule has 0 bridgehead atoms. The zero-order chi connectivity index (χ0) is 22.3. The summed E-state index contributed by atoms with van der Waals surface area (Å²) in [4.78, 5) is 26.1. The molecule has 1 atom stereocenters. The maximum absolute atomic E-state index is 12.6. The second-order valence-corrected chi connectivity index (χ2v) is 8.60. The number of hydrogen-bond acceptors (Lipinski definition) is 4. The Kier molecular flexibility index (Phi) is 7.75. The normalized spacial score (nSPS) is 11.9. The number of terminal acetylenes is 1. The number of carbonyl (C=O) groups is 2. The van der Waals surface area contributed by atoms with Crippen molar-refractivity contribution in [2.75, 3.05) is 18.9 Å². The lowest BCUT2D eigenvalue weighted by atomic mass is 10.2. The summed E-state index contributed by atoms with van der Waals surface area (Å²) >= 11 is 0. The molecule has 0 aromatic heterocycles. The second kappa shape index (κ2) is 10.1. The van der Waals surface area contributed by atoms with Gasteiger partial charge in [-0.05, 0) is 55.8 Å². The average molecular weight is 428 g/mol. The summed E-state index contributed by atoms with van der Waals surface area (Å²) < 4.78 is 27.2. The van der Waals surface area contributed by atoms with Crippen LogP contribution < -0.4 is 10.0 Å². The highest BCUT2D eigenvalue weighted by molar-refractivity contribution is 7.89. The van der Waals surface area contributed by atoms with E-state index >= 15 is 0 Å². The number of sulfonamides is 1. The van der Waals surface area contributed by atoms with E-state index in [2.05, 4.69) is 16.0 Å². The molecule has 0 aliphatic rings. The standard InChI is InChI=1S/C22H25N3O4S/c1-5-16(3)24-30(28,29)20-12-10-18(11-13-20)22(27)25(4)15-21(26)23-19-9-7-8-17(6-2)14-19/h2,7-14,16,24H,5,15H2,1,3-4H3,(H,23,26). The van der Waals surface area contributed by atoms with Crippen molar-refractivity contribution < 1.29 is 18.0 Å². The molecule has 0 aliphatic carbocycles. The van der Waals surface area contributed by atoms with Crippen molar-refractivity contribution in [3.63, 3.8) is 0 Å². The lowest BCUT2D eigenvalue weighted by molar-refractivity contribution is -0.116. The average Bonchev–Trinajstić information content (AvgIpc) is 2.72. The van der Waals surface area contributed by atoms with E-state index in [0.717, 1.165) is 0 Å². The van der Waals surface area contributed by atoms with E-state index in [-0.39, 0.29) is 29.0 Å². The van der Waals surface area contributed by atoms with Crippen LogP contribution in [-0.4, -0.2) is 44.8 Å². The van der Waals surface area contributed by atoms with Crippen molar-refractivity contribution in [2.24, 2.45) is 0 Å². The third kappa shape index (κ3) is 6.17. The van der Waals surface area contributed by atoms with Crippen LogP contribution in [0.1, 0.15) is 36.2 Å². The molecule has 2 amide bonds. The minimum Gasteiger partial charge on any atom is -0.332 e. The first-order valence-electron chi connectivity index (χ1n) is 9.40. The number of nitrogens with zero attached hydrogens (tertiary/aromatic N) is 1. The first-order valence-corrected chi connectivity index (χ1v) is 10.9. The largest absolute Gasteiger partial charge is 0.332 e. The number of benzene rings is 2. The molecule has 2 aromatic carbocycles. The maximum Gasteiger partial charge on any atom is 0.254 e. The fourth-order valence-corrected chi connectivity index (χ4v) is 3.91. The van der Waals surface area contributed by atoms with Crippen molar-refractivity contribution in [1.82, 2.24) is 9.62 Å². The Bertz CT molecular complexity index is 1060. The van der Waals surface area contributed by atoms with E-state index < -0.39 is 15.9 Å². The third-order valence-corrected chi connectivity index (χ3v) is 6.03. The van der Waals surface area contributed by atoms with Crippen LogP contribution in [0.4, 0.5) is 5.69 Å². The molecular formula is C22H25N3O4S. The number of amides is 2. The van der Waals surface area contributed by atoms with Crippen LogP contribution in [0.25, 0.3) is 0 Å². The van der Waals surface area contributed by atoms with E-state index in [4.69, 9.17) is 6.42 Å². The molecule has 2 rings (SSSR count). The first kappa shape index (κ1) is 23.1. The number of rotatable bonds is 8. The van der Waals surface area contributed by atoms with Gasteiger partial charge in [0.2, 0.25) is 15.9 Å². The number of anilines is 1. The number of hydrogen-bond donors (Lipinski definition) is 2. The Morgan fingerprint density at radius 1 is 1.17 bits per heavy atom. The molecule has 0 fully saturated rings. The maximum atomic E-state index is 12.6. The Morgan fingerprint density at radius 2 is 1.83 bits per heavy atom. The molecule has 30 heavy (non-hydrogen) atoms. The van der Waals surface area contributed by atoms with E-state index in [0.29, 0.717) is 17.7 Å². The molecule has 0 heterocycles. The molecule has 7 nitrogen and oxygen atoms in total. The van der Waals surface area contributed by atoms with E-state index in [1.165, 1.54) is 36.2 Å². The summed E-state index contributed by atoms with van der Waals surface area (Å²) in [5, 5.41) is 2.69. The summed E-state index contributed by atoms with van der Waals surface area (Å²) in [6.45, 7) is 3.49. The predicted octanol–water partition coefficient (Wildman–Crippen LogP) is 2.46. The smallest absolute Gasteiger partial charge is 0.254 e. The summed E-state index contributed by atoms with van der Waals surface area (Å²) in [6.07, 6.45) is 6.01. The monoisotopic (exact) mass is 427 g/mol. The quantitative estimate of drug-likeness (QED) is 0.633. The molecule has 1 unspecified atom stereocenters. The Hall–Kier alpha value is -3.15. The van der Waals surface area contributed by atoms with Gasteiger partial charge in [0.1, 0.15) is 0 Å². The van der Waals surface area contributed by atoms with E-state index in [9.17, 15) is 18.0 Å². The zero-order valence-electron chi connectivity index (χ0n) is 17.2. The minimum atomic E-state index is -3.65. The van der Waals surface area contributed by atoms with Crippen molar-refractivity contribution >= 4 is 27.5 Å². The van der Waals surface area contributed by atoms with E-state index in [1.54, 1.807) is 31.2 Å². The highest BCUT2D eigenvalue weighted by Gasteiger charge is 2.19. The van der Waals surface area contributed by atoms with Gasteiger partial charge in [-0.15, -0.1) is 6.42 Å². The van der Waals surface area contributed by atoms with Crippen LogP contribution in [0, 0.1) is 12.3 Å². The molecule has 2 aromatic rings. The highest BCUT2D eigenvalue weighted by Crippen LogP contribution is 2.14. The van der Waals surface area contributed by atoms with Crippen molar-refractivity contribution in [3.8, 4) is 12.3 Å². The molecule has 0 saturated carbocycles. The van der Waals surface area contributed by atoms with Crippen LogP contribution in [0.2, 0.25) is 0 Å². The molecular weight excluding hydrogens is 402 g/mol. The lowest BCUT2D eigenvalue weighted by Crippen LogP contribution is -2.35. The van der Waals surface area contributed by atoms with Gasteiger partial charge in [0.25, 0.3) is 5.91 Å². The molecule has 8 heteroatoms. The summed E-state index contributed by atoms with van der Waals surface area (Å²) in [6, 6.07) is 12.2. The number of nitrogens with one attached hydrogen (secondary N) is 2. The third-order valence-electron chi connectivity index (χ3n) is 4.42. The van der Waals surface area contributed by atoms with Gasteiger partial charge in [0.05, 0.1) is 11.4 Å². The molecule has 0 spiro atoms. The summed E-state index contributed by atoms with van der Waals surface area (Å²) in [5.74, 6) is 1.71. The van der Waals surface area contributed by atoms with Crippen molar-refractivity contribution in [3.05, 3.63) is 59.7 Å². The lowest BCUT2D eigenvalue weighted by Gasteiger charge is -2.17. The van der Waals surface area contributed by atoms with Gasteiger partial charge >= 0.3 is 0 Å². The number of carbonyl (C=O) groups excluding carboxylic acids is 2. The minimum absolute atomic E-state index is 0.0770. The first-order chi connectivity index (χ1) is 14.2. The predicted molar refractivity (Wildman–Crippen MR) is 116 cm³/mol. The van der Waals surface area contributed by atoms with Crippen LogP contribution in [0.3, 0.4) is 0 Å². The van der Waals surface area contributed by atoms with E-state index in [1.807, 2.05) is 6.92 Å². The van der Waals surface area contributed by atoms with Crippen LogP contribution in [-0.2, 0) is 14.8 Å². The van der Waals surface area contributed by atoms with Gasteiger partial charge in [-0.3, -0.25) is 9.59 Å².